The maximum absolute atomic E-state index is 6.40. The van der Waals surface area contributed by atoms with Crippen LogP contribution in [0.2, 0.25) is 0 Å². The van der Waals surface area contributed by atoms with E-state index in [4.69, 9.17) is 28.4 Å². The molecule has 5 rings (SSSR count). The lowest BCUT2D eigenvalue weighted by Gasteiger charge is -2.37. The van der Waals surface area contributed by atoms with E-state index in [1.165, 1.54) is 0 Å². The number of ether oxygens (including phenoxy) is 6. The van der Waals surface area contributed by atoms with Gasteiger partial charge in [0.1, 0.15) is 18.0 Å². The van der Waals surface area contributed by atoms with Crippen LogP contribution in [-0.4, -0.2) is 44.7 Å². The van der Waals surface area contributed by atoms with Gasteiger partial charge in [0.15, 0.2) is 6.29 Å². The maximum Gasteiger partial charge on any atom is 0.184 e. The molecule has 0 saturated carbocycles. The van der Waals surface area contributed by atoms with Crippen LogP contribution in [0.3, 0.4) is 0 Å². The normalized spacial score (nSPS) is 29.3. The number of benzene rings is 2. The van der Waals surface area contributed by atoms with E-state index in [9.17, 15) is 0 Å². The number of methoxy groups -OCH3 is 1. The summed E-state index contributed by atoms with van der Waals surface area (Å²) in [5.74, 6) is 1.81. The lowest BCUT2D eigenvalue weighted by Crippen LogP contribution is -2.42. The first-order valence-electron chi connectivity index (χ1n) is 12.3. The zero-order valence-electron chi connectivity index (χ0n) is 19.8. The van der Waals surface area contributed by atoms with Crippen molar-refractivity contribution in [3.63, 3.8) is 0 Å². The quantitative estimate of drug-likeness (QED) is 0.550. The Balaban J connectivity index is 1.16. The van der Waals surface area contributed by atoms with Crippen LogP contribution < -0.4 is 4.74 Å². The average Bonchev–Trinajstić information content (AvgIpc) is 3.10. The molecule has 0 aliphatic carbocycles. The summed E-state index contributed by atoms with van der Waals surface area (Å²) in [5.41, 5.74) is 2.17. The SMILES string of the molecule is COc1ccc(CO[C@@H]2CCCO[C@H]2CC2=CCC[C@H]3O[C@@H](c4ccccc4)OC[C@@H]3O2)cc1. The van der Waals surface area contributed by atoms with Crippen molar-refractivity contribution < 1.29 is 28.4 Å². The van der Waals surface area contributed by atoms with Crippen LogP contribution in [0.1, 0.15) is 49.5 Å². The third-order valence-electron chi connectivity index (χ3n) is 6.73. The monoisotopic (exact) mass is 466 g/mol. The fourth-order valence-corrected chi connectivity index (χ4v) is 4.82. The average molecular weight is 467 g/mol. The highest BCUT2D eigenvalue weighted by Crippen LogP contribution is 2.34. The molecule has 0 aromatic heterocycles. The first-order valence-corrected chi connectivity index (χ1v) is 12.3. The predicted octanol–water partition coefficient (Wildman–Crippen LogP) is 5.33. The molecule has 2 saturated heterocycles. The fourth-order valence-electron chi connectivity index (χ4n) is 4.82. The number of hydrogen-bond donors (Lipinski definition) is 0. The summed E-state index contributed by atoms with van der Waals surface area (Å²) in [6.07, 6.45) is 6.35. The van der Waals surface area contributed by atoms with Crippen molar-refractivity contribution in [2.24, 2.45) is 0 Å². The van der Waals surface area contributed by atoms with Crippen molar-refractivity contribution in [2.45, 2.75) is 69.4 Å². The molecule has 0 spiro atoms. The molecule has 0 unspecified atom stereocenters. The summed E-state index contributed by atoms with van der Waals surface area (Å²) in [7, 11) is 1.68. The third-order valence-corrected chi connectivity index (χ3v) is 6.73. The van der Waals surface area contributed by atoms with Gasteiger partial charge in [-0.3, -0.25) is 0 Å². The van der Waals surface area contributed by atoms with Crippen LogP contribution in [0.25, 0.3) is 0 Å². The van der Waals surface area contributed by atoms with Gasteiger partial charge in [0.25, 0.3) is 0 Å². The molecule has 2 aromatic rings. The Kier molecular flexibility index (Phi) is 7.81. The van der Waals surface area contributed by atoms with E-state index in [2.05, 4.69) is 6.08 Å². The molecule has 2 aromatic carbocycles. The van der Waals surface area contributed by atoms with Crippen molar-refractivity contribution in [1.82, 2.24) is 0 Å². The lowest BCUT2D eigenvalue weighted by molar-refractivity contribution is -0.260. The predicted molar refractivity (Wildman–Crippen MR) is 127 cm³/mol. The van der Waals surface area contributed by atoms with Gasteiger partial charge < -0.3 is 28.4 Å². The van der Waals surface area contributed by atoms with E-state index in [0.29, 0.717) is 19.6 Å². The summed E-state index contributed by atoms with van der Waals surface area (Å²) in [6, 6.07) is 18.1. The molecule has 6 nitrogen and oxygen atoms in total. The van der Waals surface area contributed by atoms with Gasteiger partial charge in [-0.25, -0.2) is 0 Å². The second-order valence-electron chi connectivity index (χ2n) is 9.11. The zero-order chi connectivity index (χ0) is 23.2. The van der Waals surface area contributed by atoms with E-state index in [1.54, 1.807) is 7.11 Å². The first kappa shape index (κ1) is 23.4. The van der Waals surface area contributed by atoms with E-state index in [0.717, 1.165) is 54.9 Å². The summed E-state index contributed by atoms with van der Waals surface area (Å²) < 4.78 is 36.4. The maximum atomic E-state index is 6.40. The van der Waals surface area contributed by atoms with Gasteiger partial charge in [-0.1, -0.05) is 42.5 Å². The van der Waals surface area contributed by atoms with Gasteiger partial charge in [0.2, 0.25) is 0 Å². The highest BCUT2D eigenvalue weighted by Gasteiger charge is 2.37. The van der Waals surface area contributed by atoms with E-state index < -0.39 is 0 Å². The minimum atomic E-state index is -0.329. The van der Waals surface area contributed by atoms with Crippen molar-refractivity contribution in [3.8, 4) is 5.75 Å². The second kappa shape index (κ2) is 11.4. The molecule has 3 heterocycles. The lowest BCUT2D eigenvalue weighted by atomic mass is 10.0. The van der Waals surface area contributed by atoms with Crippen LogP contribution in [-0.2, 0) is 30.3 Å². The highest BCUT2D eigenvalue weighted by molar-refractivity contribution is 5.26. The van der Waals surface area contributed by atoms with Crippen molar-refractivity contribution in [2.75, 3.05) is 20.3 Å². The molecule has 0 N–H and O–H groups in total. The van der Waals surface area contributed by atoms with Crippen LogP contribution in [0, 0.1) is 0 Å². The Morgan fingerprint density at radius 3 is 2.62 bits per heavy atom. The Bertz CT molecular complexity index is 928. The summed E-state index contributed by atoms with van der Waals surface area (Å²) in [4.78, 5) is 0. The molecule has 0 amide bonds. The third kappa shape index (κ3) is 5.81. The van der Waals surface area contributed by atoms with E-state index in [1.807, 2.05) is 54.6 Å². The zero-order valence-corrected chi connectivity index (χ0v) is 19.8. The molecular weight excluding hydrogens is 432 g/mol. The molecule has 3 aliphatic heterocycles. The molecule has 6 heteroatoms. The Hall–Kier alpha value is -2.38. The fraction of sp³-hybridized carbons (Fsp3) is 0.500. The minimum Gasteiger partial charge on any atom is -0.497 e. The van der Waals surface area contributed by atoms with Crippen LogP contribution in [0.15, 0.2) is 66.4 Å². The van der Waals surface area contributed by atoms with Crippen molar-refractivity contribution in [1.29, 1.82) is 0 Å². The van der Waals surface area contributed by atoms with Crippen LogP contribution in [0.5, 0.6) is 5.75 Å². The summed E-state index contributed by atoms with van der Waals surface area (Å²) >= 11 is 0. The molecular formula is C28H34O6. The van der Waals surface area contributed by atoms with E-state index in [-0.39, 0.29) is 30.7 Å². The van der Waals surface area contributed by atoms with Crippen LogP contribution in [0.4, 0.5) is 0 Å². The van der Waals surface area contributed by atoms with Crippen molar-refractivity contribution >= 4 is 0 Å². The minimum absolute atomic E-state index is 0.0158. The molecule has 5 atom stereocenters. The molecule has 2 fully saturated rings. The highest BCUT2D eigenvalue weighted by atomic mass is 16.7. The van der Waals surface area contributed by atoms with Gasteiger partial charge in [-0.05, 0) is 49.5 Å². The number of fused-ring (bicyclic) bond motifs is 1. The largest absolute Gasteiger partial charge is 0.497 e. The van der Waals surface area contributed by atoms with Crippen LogP contribution >= 0.6 is 0 Å². The van der Waals surface area contributed by atoms with Gasteiger partial charge in [0.05, 0.1) is 38.3 Å². The summed E-state index contributed by atoms with van der Waals surface area (Å²) in [5, 5.41) is 0. The van der Waals surface area contributed by atoms with E-state index >= 15 is 0 Å². The molecule has 3 aliphatic rings. The molecule has 0 radical (unpaired) electrons. The van der Waals surface area contributed by atoms with Gasteiger partial charge in [0, 0.05) is 18.6 Å². The number of rotatable bonds is 7. The topological polar surface area (TPSA) is 55.4 Å². The van der Waals surface area contributed by atoms with Crippen molar-refractivity contribution in [3.05, 3.63) is 77.6 Å². The molecule has 34 heavy (non-hydrogen) atoms. The molecule has 182 valence electrons. The Labute approximate surface area is 201 Å². The number of allylic oxidation sites excluding steroid dienone is 1. The smallest absolute Gasteiger partial charge is 0.184 e. The number of hydrogen-bond acceptors (Lipinski definition) is 6. The van der Waals surface area contributed by atoms with Gasteiger partial charge in [-0.2, -0.15) is 0 Å². The second-order valence-corrected chi connectivity index (χ2v) is 9.11. The first-order chi connectivity index (χ1) is 16.8. The standard InChI is InChI=1S/C28H34O6/c1-29-22-14-12-20(13-15-22)18-31-24-11-6-16-30-26(24)17-23-9-5-10-25-27(33-23)19-32-28(34-25)21-7-3-2-4-8-21/h2-4,7-9,12-15,24-28H,5-6,10-11,16-19H2,1H3/t24-,25-,26+,27+,28+/m1/s1. The van der Waals surface area contributed by atoms with Gasteiger partial charge >= 0.3 is 0 Å². The Morgan fingerprint density at radius 1 is 0.941 bits per heavy atom. The summed E-state index contributed by atoms with van der Waals surface area (Å²) in [6.45, 7) is 1.84. The van der Waals surface area contributed by atoms with Gasteiger partial charge in [-0.15, -0.1) is 0 Å². The Morgan fingerprint density at radius 2 is 1.79 bits per heavy atom. The molecule has 0 bridgehead atoms.